The molecule has 0 spiro atoms. The van der Waals surface area contributed by atoms with Crippen molar-refractivity contribution in [2.75, 3.05) is 27.3 Å². The molecule has 6 heteroatoms. The van der Waals surface area contributed by atoms with Crippen LogP contribution in [0.2, 0.25) is 0 Å². The number of amides is 1. The highest BCUT2D eigenvalue weighted by Gasteiger charge is 2.25. The second-order valence-corrected chi connectivity index (χ2v) is 5.82. The minimum atomic E-state index is -0.734. The van der Waals surface area contributed by atoms with Crippen molar-refractivity contribution in [2.24, 2.45) is 0 Å². The van der Waals surface area contributed by atoms with Crippen molar-refractivity contribution in [3.63, 3.8) is 0 Å². The lowest BCUT2D eigenvalue weighted by Crippen LogP contribution is -2.38. The summed E-state index contributed by atoms with van der Waals surface area (Å²) in [6, 6.07) is 5.53. The van der Waals surface area contributed by atoms with Crippen molar-refractivity contribution in [3.8, 4) is 11.5 Å². The van der Waals surface area contributed by atoms with Gasteiger partial charge in [0.2, 0.25) is 0 Å². The Morgan fingerprint density at radius 1 is 1.17 bits per heavy atom. The smallest absolute Gasteiger partial charge is 0.306 e. The van der Waals surface area contributed by atoms with Crippen molar-refractivity contribution in [1.29, 1.82) is 0 Å². The average molecular weight is 335 g/mol. The van der Waals surface area contributed by atoms with Crippen LogP contribution in [0.5, 0.6) is 11.5 Å². The molecule has 0 radical (unpaired) electrons. The topological polar surface area (TPSA) is 65.1 Å². The fourth-order valence-electron chi connectivity index (χ4n) is 2.89. The maximum absolute atomic E-state index is 12.2. The molecule has 1 aliphatic heterocycles. The summed E-state index contributed by atoms with van der Waals surface area (Å²) in [6.45, 7) is 3.13. The summed E-state index contributed by atoms with van der Waals surface area (Å²) in [7, 11) is 3.14. The number of ether oxygens (including phenoxy) is 3. The zero-order valence-corrected chi connectivity index (χ0v) is 14.5. The van der Waals surface area contributed by atoms with Crippen LogP contribution in [-0.4, -0.2) is 50.2 Å². The number of hydrogen-bond acceptors (Lipinski definition) is 5. The first-order valence-corrected chi connectivity index (χ1v) is 8.25. The van der Waals surface area contributed by atoms with Crippen LogP contribution < -0.4 is 9.47 Å². The number of hydrogen-bond donors (Lipinski definition) is 0. The zero-order chi connectivity index (χ0) is 17.5. The Balaban J connectivity index is 1.88. The molecule has 6 nitrogen and oxygen atoms in total. The summed E-state index contributed by atoms with van der Waals surface area (Å²) in [5, 5.41) is 0. The van der Waals surface area contributed by atoms with Crippen LogP contribution in [-0.2, 0) is 20.7 Å². The van der Waals surface area contributed by atoms with Gasteiger partial charge in [0.05, 0.1) is 14.2 Å². The Morgan fingerprint density at radius 3 is 2.50 bits per heavy atom. The average Bonchev–Trinajstić information content (AvgIpc) is 3.13. The standard InChI is InChI=1S/C18H25NO5/c1-13(18(21)19-11-4-5-12-19)24-16(20)10-9-14-7-6-8-15(22-2)17(14)23-3/h6-8,13H,4-5,9-12H2,1-3H3. The highest BCUT2D eigenvalue weighted by molar-refractivity contribution is 5.83. The van der Waals surface area contributed by atoms with Gasteiger partial charge in [-0.3, -0.25) is 9.59 Å². The van der Waals surface area contributed by atoms with Crippen LogP contribution in [0.1, 0.15) is 31.7 Å². The molecule has 1 saturated heterocycles. The molecular formula is C18H25NO5. The lowest BCUT2D eigenvalue weighted by atomic mass is 10.1. The van der Waals surface area contributed by atoms with Crippen molar-refractivity contribution in [1.82, 2.24) is 4.90 Å². The van der Waals surface area contributed by atoms with Gasteiger partial charge in [-0.1, -0.05) is 12.1 Å². The molecule has 0 bridgehead atoms. The summed E-state index contributed by atoms with van der Waals surface area (Å²) < 4.78 is 15.9. The van der Waals surface area contributed by atoms with E-state index in [1.165, 1.54) is 0 Å². The fourth-order valence-corrected chi connectivity index (χ4v) is 2.89. The molecule has 1 fully saturated rings. The molecule has 1 amide bonds. The number of esters is 1. The van der Waals surface area contributed by atoms with Crippen LogP contribution in [0.15, 0.2) is 18.2 Å². The number of carbonyl (C=O) groups excluding carboxylic acids is 2. The fraction of sp³-hybridized carbons (Fsp3) is 0.556. The number of methoxy groups -OCH3 is 2. The van der Waals surface area contributed by atoms with E-state index >= 15 is 0 Å². The van der Waals surface area contributed by atoms with Crippen molar-refractivity contribution >= 4 is 11.9 Å². The van der Waals surface area contributed by atoms with Crippen LogP contribution in [0.3, 0.4) is 0 Å². The van der Waals surface area contributed by atoms with Gasteiger partial charge in [-0.25, -0.2) is 0 Å². The number of likely N-dealkylation sites (tertiary alicyclic amines) is 1. The van der Waals surface area contributed by atoms with E-state index in [4.69, 9.17) is 14.2 Å². The summed E-state index contributed by atoms with van der Waals surface area (Å²) >= 11 is 0. The minimum Gasteiger partial charge on any atom is -0.493 e. The van der Waals surface area contributed by atoms with Crippen LogP contribution in [0, 0.1) is 0 Å². The van der Waals surface area contributed by atoms with E-state index in [2.05, 4.69) is 0 Å². The second kappa shape index (κ2) is 8.57. The Labute approximate surface area is 142 Å². The minimum absolute atomic E-state index is 0.111. The molecule has 132 valence electrons. The van der Waals surface area contributed by atoms with Crippen LogP contribution in [0.25, 0.3) is 0 Å². The summed E-state index contributed by atoms with van der Waals surface area (Å²) in [6.07, 6.45) is 1.94. The Morgan fingerprint density at radius 2 is 1.88 bits per heavy atom. The molecule has 1 heterocycles. The van der Waals surface area contributed by atoms with Gasteiger partial charge in [0.15, 0.2) is 17.6 Å². The molecule has 2 rings (SSSR count). The number of rotatable bonds is 7. The highest BCUT2D eigenvalue weighted by atomic mass is 16.5. The Hall–Kier alpha value is -2.24. The molecule has 1 aliphatic rings. The monoisotopic (exact) mass is 335 g/mol. The molecule has 1 atom stereocenters. The molecule has 1 unspecified atom stereocenters. The molecule has 0 saturated carbocycles. The van der Waals surface area contributed by atoms with Gasteiger partial charge in [-0.15, -0.1) is 0 Å². The Bertz CT molecular complexity index is 581. The quantitative estimate of drug-likeness (QED) is 0.715. The normalized spacial score (nSPS) is 15.0. The summed E-state index contributed by atoms with van der Waals surface area (Å²) in [5.41, 5.74) is 0.868. The van der Waals surface area contributed by atoms with Gasteiger partial charge in [0.25, 0.3) is 5.91 Å². The predicted octanol–water partition coefficient (Wildman–Crippen LogP) is 2.19. The first-order chi connectivity index (χ1) is 11.6. The van der Waals surface area contributed by atoms with Gasteiger partial charge in [0.1, 0.15) is 0 Å². The molecule has 0 N–H and O–H groups in total. The molecule has 24 heavy (non-hydrogen) atoms. The van der Waals surface area contributed by atoms with E-state index in [-0.39, 0.29) is 18.3 Å². The third-order valence-electron chi connectivity index (χ3n) is 4.16. The van der Waals surface area contributed by atoms with Crippen molar-refractivity contribution in [3.05, 3.63) is 23.8 Å². The number of benzene rings is 1. The predicted molar refractivity (Wildman–Crippen MR) is 89.2 cm³/mol. The molecule has 1 aromatic rings. The highest BCUT2D eigenvalue weighted by Crippen LogP contribution is 2.31. The zero-order valence-electron chi connectivity index (χ0n) is 14.5. The van der Waals surface area contributed by atoms with E-state index in [0.717, 1.165) is 31.5 Å². The van der Waals surface area contributed by atoms with Gasteiger partial charge in [-0.2, -0.15) is 0 Å². The van der Waals surface area contributed by atoms with Gasteiger partial charge >= 0.3 is 5.97 Å². The summed E-state index contributed by atoms with van der Waals surface area (Å²) in [5.74, 6) is 0.745. The number of aryl methyl sites for hydroxylation is 1. The largest absolute Gasteiger partial charge is 0.493 e. The number of nitrogens with zero attached hydrogens (tertiary/aromatic N) is 1. The van der Waals surface area contributed by atoms with E-state index in [0.29, 0.717) is 17.9 Å². The lowest BCUT2D eigenvalue weighted by molar-refractivity contribution is -0.158. The van der Waals surface area contributed by atoms with Gasteiger partial charge in [0, 0.05) is 19.5 Å². The number of para-hydroxylation sites is 1. The molecule has 0 aromatic heterocycles. The van der Waals surface area contributed by atoms with Gasteiger partial charge in [-0.05, 0) is 37.8 Å². The Kier molecular flexibility index (Phi) is 6.46. The maximum Gasteiger partial charge on any atom is 0.306 e. The summed E-state index contributed by atoms with van der Waals surface area (Å²) in [4.78, 5) is 25.9. The van der Waals surface area contributed by atoms with E-state index in [1.807, 2.05) is 12.1 Å². The van der Waals surface area contributed by atoms with E-state index < -0.39 is 6.10 Å². The van der Waals surface area contributed by atoms with Crippen LogP contribution in [0.4, 0.5) is 0 Å². The third kappa shape index (κ3) is 4.40. The molecule has 1 aromatic carbocycles. The third-order valence-corrected chi connectivity index (χ3v) is 4.16. The first-order valence-electron chi connectivity index (χ1n) is 8.25. The van der Waals surface area contributed by atoms with E-state index in [1.54, 1.807) is 32.1 Å². The lowest BCUT2D eigenvalue weighted by Gasteiger charge is -2.20. The number of carbonyl (C=O) groups is 2. The first kappa shape index (κ1) is 18.1. The maximum atomic E-state index is 12.2. The van der Waals surface area contributed by atoms with Gasteiger partial charge < -0.3 is 19.1 Å². The van der Waals surface area contributed by atoms with Crippen molar-refractivity contribution < 1.29 is 23.8 Å². The van der Waals surface area contributed by atoms with E-state index in [9.17, 15) is 9.59 Å². The molecular weight excluding hydrogens is 310 g/mol. The molecule has 0 aliphatic carbocycles. The van der Waals surface area contributed by atoms with Crippen molar-refractivity contribution in [2.45, 2.75) is 38.7 Å². The SMILES string of the molecule is COc1cccc(CCC(=O)OC(C)C(=O)N2CCCC2)c1OC. The van der Waals surface area contributed by atoms with Crippen LogP contribution >= 0.6 is 0 Å². The second-order valence-electron chi connectivity index (χ2n) is 5.82.